The molecule has 0 fully saturated rings. The Balaban J connectivity index is 3.45. The van der Waals surface area contributed by atoms with Gasteiger partial charge in [0.25, 0.3) is 0 Å². The summed E-state index contributed by atoms with van der Waals surface area (Å²) in [6, 6.07) is 0. The molecule has 14 heavy (non-hydrogen) atoms. The second-order valence-corrected chi connectivity index (χ2v) is 4.39. The first-order valence-electron chi connectivity index (χ1n) is 5.38. The maximum Gasteiger partial charge on any atom is 0.0651 e. The SMILES string of the molecule is CNCCOCCC(C)(C)OC(C)C. The number of hydrogen-bond acceptors (Lipinski definition) is 3. The van der Waals surface area contributed by atoms with Crippen molar-refractivity contribution in [3.05, 3.63) is 0 Å². The lowest BCUT2D eigenvalue weighted by atomic mass is 10.1. The van der Waals surface area contributed by atoms with E-state index in [0.717, 1.165) is 26.2 Å². The first-order valence-corrected chi connectivity index (χ1v) is 5.38. The van der Waals surface area contributed by atoms with E-state index in [-0.39, 0.29) is 11.7 Å². The van der Waals surface area contributed by atoms with E-state index in [1.807, 2.05) is 7.05 Å². The van der Waals surface area contributed by atoms with E-state index in [2.05, 4.69) is 33.0 Å². The predicted molar refractivity (Wildman–Crippen MR) is 59.7 cm³/mol. The molecule has 0 atom stereocenters. The third-order valence-corrected chi connectivity index (χ3v) is 1.90. The van der Waals surface area contributed by atoms with Crippen LogP contribution in [0, 0.1) is 0 Å². The normalized spacial score (nSPS) is 12.4. The van der Waals surface area contributed by atoms with Crippen LogP contribution in [-0.4, -0.2) is 38.5 Å². The highest BCUT2D eigenvalue weighted by atomic mass is 16.5. The van der Waals surface area contributed by atoms with Gasteiger partial charge >= 0.3 is 0 Å². The third kappa shape index (κ3) is 8.48. The molecule has 0 aromatic carbocycles. The fourth-order valence-corrected chi connectivity index (χ4v) is 1.29. The summed E-state index contributed by atoms with van der Waals surface area (Å²) in [6.07, 6.45) is 1.22. The molecule has 0 amide bonds. The van der Waals surface area contributed by atoms with Gasteiger partial charge in [0.1, 0.15) is 0 Å². The number of ether oxygens (including phenoxy) is 2. The fraction of sp³-hybridized carbons (Fsp3) is 1.00. The van der Waals surface area contributed by atoms with Crippen molar-refractivity contribution >= 4 is 0 Å². The molecule has 0 bridgehead atoms. The topological polar surface area (TPSA) is 30.5 Å². The molecule has 0 aromatic heterocycles. The second kappa shape index (κ2) is 7.21. The van der Waals surface area contributed by atoms with Crippen LogP contribution < -0.4 is 5.32 Å². The predicted octanol–water partition coefficient (Wildman–Crippen LogP) is 1.82. The molecule has 3 nitrogen and oxygen atoms in total. The summed E-state index contributed by atoms with van der Waals surface area (Å²) in [4.78, 5) is 0. The molecule has 0 aliphatic rings. The molecule has 3 heteroatoms. The highest BCUT2D eigenvalue weighted by Gasteiger charge is 2.19. The van der Waals surface area contributed by atoms with Gasteiger partial charge in [-0.3, -0.25) is 0 Å². The van der Waals surface area contributed by atoms with Gasteiger partial charge in [-0.2, -0.15) is 0 Å². The Morgan fingerprint density at radius 2 is 1.86 bits per heavy atom. The summed E-state index contributed by atoms with van der Waals surface area (Å²) >= 11 is 0. The highest BCUT2D eigenvalue weighted by molar-refractivity contribution is 4.69. The lowest BCUT2D eigenvalue weighted by Crippen LogP contribution is -2.30. The van der Waals surface area contributed by atoms with Crippen molar-refractivity contribution < 1.29 is 9.47 Å². The lowest BCUT2D eigenvalue weighted by Gasteiger charge is -2.27. The molecule has 0 heterocycles. The summed E-state index contributed by atoms with van der Waals surface area (Å²) in [7, 11) is 1.93. The van der Waals surface area contributed by atoms with E-state index < -0.39 is 0 Å². The molecule has 0 rings (SSSR count). The van der Waals surface area contributed by atoms with Crippen molar-refractivity contribution in [1.82, 2.24) is 5.32 Å². The van der Waals surface area contributed by atoms with E-state index >= 15 is 0 Å². The van der Waals surface area contributed by atoms with Crippen LogP contribution in [0.2, 0.25) is 0 Å². The van der Waals surface area contributed by atoms with Crippen LogP contribution in [0.3, 0.4) is 0 Å². The Bertz CT molecular complexity index is 135. The molecular weight excluding hydrogens is 178 g/mol. The van der Waals surface area contributed by atoms with Crippen molar-refractivity contribution in [1.29, 1.82) is 0 Å². The van der Waals surface area contributed by atoms with Crippen molar-refractivity contribution in [3.63, 3.8) is 0 Å². The summed E-state index contributed by atoms with van der Waals surface area (Å²) in [5, 5.41) is 3.04. The van der Waals surface area contributed by atoms with Crippen molar-refractivity contribution in [2.45, 2.75) is 45.8 Å². The molecule has 0 unspecified atom stereocenters. The zero-order valence-electron chi connectivity index (χ0n) is 10.2. The molecule has 1 N–H and O–H groups in total. The zero-order chi connectivity index (χ0) is 11.0. The number of likely N-dealkylation sites (N-methyl/N-ethyl adjacent to an activating group) is 1. The Morgan fingerprint density at radius 1 is 1.21 bits per heavy atom. The quantitative estimate of drug-likeness (QED) is 0.610. The van der Waals surface area contributed by atoms with Gasteiger partial charge in [-0.15, -0.1) is 0 Å². The van der Waals surface area contributed by atoms with E-state index in [4.69, 9.17) is 9.47 Å². The van der Waals surface area contributed by atoms with Crippen LogP contribution in [0.1, 0.15) is 34.1 Å². The smallest absolute Gasteiger partial charge is 0.0651 e. The molecular formula is C11H25NO2. The number of rotatable bonds is 8. The van der Waals surface area contributed by atoms with Gasteiger partial charge in [0.05, 0.1) is 18.3 Å². The molecule has 0 aliphatic heterocycles. The van der Waals surface area contributed by atoms with Gasteiger partial charge in [0.2, 0.25) is 0 Å². The summed E-state index contributed by atoms with van der Waals surface area (Å²) in [6.45, 7) is 10.8. The second-order valence-electron chi connectivity index (χ2n) is 4.39. The molecule has 0 aliphatic carbocycles. The van der Waals surface area contributed by atoms with Gasteiger partial charge in [-0.1, -0.05) is 0 Å². The molecule has 86 valence electrons. The fourth-order valence-electron chi connectivity index (χ4n) is 1.29. The minimum atomic E-state index is -0.0756. The third-order valence-electron chi connectivity index (χ3n) is 1.90. The van der Waals surface area contributed by atoms with Crippen LogP contribution >= 0.6 is 0 Å². The number of nitrogens with one attached hydrogen (secondary N) is 1. The van der Waals surface area contributed by atoms with Crippen LogP contribution in [0.25, 0.3) is 0 Å². The maximum absolute atomic E-state index is 5.75. The molecule has 0 spiro atoms. The van der Waals surface area contributed by atoms with Crippen molar-refractivity contribution in [3.8, 4) is 0 Å². The standard InChI is InChI=1S/C11H25NO2/c1-10(2)14-11(3,4)6-8-13-9-7-12-5/h10,12H,6-9H2,1-5H3. The summed E-state index contributed by atoms with van der Waals surface area (Å²) in [5.74, 6) is 0. The highest BCUT2D eigenvalue weighted by Crippen LogP contribution is 2.16. The molecule has 0 saturated carbocycles. The first kappa shape index (κ1) is 13.9. The van der Waals surface area contributed by atoms with Crippen LogP contribution in [0.5, 0.6) is 0 Å². The van der Waals surface area contributed by atoms with Gasteiger partial charge in [0, 0.05) is 13.2 Å². The minimum absolute atomic E-state index is 0.0756. The lowest BCUT2D eigenvalue weighted by molar-refractivity contribution is -0.0722. The first-order chi connectivity index (χ1) is 6.48. The molecule has 0 aromatic rings. The van der Waals surface area contributed by atoms with Crippen molar-refractivity contribution in [2.24, 2.45) is 0 Å². The maximum atomic E-state index is 5.75. The molecule has 0 saturated heterocycles. The minimum Gasteiger partial charge on any atom is -0.380 e. The van der Waals surface area contributed by atoms with Gasteiger partial charge < -0.3 is 14.8 Å². The molecule has 0 radical (unpaired) electrons. The average Bonchev–Trinajstić information content (AvgIpc) is 2.01. The van der Waals surface area contributed by atoms with E-state index in [1.54, 1.807) is 0 Å². The van der Waals surface area contributed by atoms with Gasteiger partial charge in [0.15, 0.2) is 0 Å². The van der Waals surface area contributed by atoms with Crippen LogP contribution in [-0.2, 0) is 9.47 Å². The van der Waals surface area contributed by atoms with E-state index in [9.17, 15) is 0 Å². The Kier molecular flexibility index (Phi) is 7.15. The van der Waals surface area contributed by atoms with Gasteiger partial charge in [-0.05, 0) is 41.2 Å². The van der Waals surface area contributed by atoms with Crippen LogP contribution in [0.15, 0.2) is 0 Å². The monoisotopic (exact) mass is 203 g/mol. The number of hydrogen-bond donors (Lipinski definition) is 1. The summed E-state index contributed by atoms with van der Waals surface area (Å²) in [5.41, 5.74) is -0.0756. The van der Waals surface area contributed by atoms with Crippen LogP contribution in [0.4, 0.5) is 0 Å². The average molecular weight is 203 g/mol. The van der Waals surface area contributed by atoms with Gasteiger partial charge in [-0.25, -0.2) is 0 Å². The summed E-state index contributed by atoms with van der Waals surface area (Å²) < 4.78 is 11.2. The van der Waals surface area contributed by atoms with Crippen molar-refractivity contribution in [2.75, 3.05) is 26.8 Å². The van der Waals surface area contributed by atoms with E-state index in [0.29, 0.717) is 0 Å². The Hall–Kier alpha value is -0.120. The largest absolute Gasteiger partial charge is 0.380 e. The zero-order valence-corrected chi connectivity index (χ0v) is 10.2. The van der Waals surface area contributed by atoms with E-state index in [1.165, 1.54) is 0 Å². The Labute approximate surface area is 88.2 Å². The Morgan fingerprint density at radius 3 is 2.36 bits per heavy atom.